The standard InChI is InChI=1S/C14H23N5O4/c1-11(18-5-6-23-10-12(18)2)7-15-14(20)3-4-17-9-13(8-16-17)19(21)22/h8-9,11-12H,3-7,10H2,1-2H3,(H,15,20)/t11-,12-/m0/s1. The highest BCUT2D eigenvalue weighted by molar-refractivity contribution is 5.75. The molecule has 0 spiro atoms. The fourth-order valence-electron chi connectivity index (χ4n) is 2.65. The monoisotopic (exact) mass is 325 g/mol. The number of morpholine rings is 1. The third-order valence-corrected chi connectivity index (χ3v) is 3.98. The fraction of sp³-hybridized carbons (Fsp3) is 0.714. The van der Waals surface area contributed by atoms with E-state index in [2.05, 4.69) is 29.2 Å². The number of nitrogens with zero attached hydrogens (tertiary/aromatic N) is 4. The van der Waals surface area contributed by atoms with Gasteiger partial charge in [0.15, 0.2) is 0 Å². The van der Waals surface area contributed by atoms with Crippen LogP contribution in [-0.4, -0.2) is 63.9 Å². The Kier molecular flexibility index (Phi) is 6.05. The minimum Gasteiger partial charge on any atom is -0.379 e. The average Bonchev–Trinajstić information content (AvgIpc) is 3.00. The molecule has 2 atom stereocenters. The van der Waals surface area contributed by atoms with E-state index in [-0.39, 0.29) is 24.1 Å². The summed E-state index contributed by atoms with van der Waals surface area (Å²) in [6.07, 6.45) is 2.75. The molecular formula is C14H23N5O4. The third-order valence-electron chi connectivity index (χ3n) is 3.98. The number of aromatic nitrogens is 2. The molecule has 1 N–H and O–H groups in total. The summed E-state index contributed by atoms with van der Waals surface area (Å²) in [7, 11) is 0. The van der Waals surface area contributed by atoms with Crippen LogP contribution < -0.4 is 5.32 Å². The largest absolute Gasteiger partial charge is 0.379 e. The first-order valence-corrected chi connectivity index (χ1v) is 7.74. The fourth-order valence-corrected chi connectivity index (χ4v) is 2.65. The molecular weight excluding hydrogens is 302 g/mol. The van der Waals surface area contributed by atoms with Crippen LogP contribution >= 0.6 is 0 Å². The van der Waals surface area contributed by atoms with Crippen LogP contribution in [0.15, 0.2) is 12.4 Å². The summed E-state index contributed by atoms with van der Waals surface area (Å²) >= 11 is 0. The Bertz CT molecular complexity index is 547. The molecule has 1 saturated heterocycles. The second kappa shape index (κ2) is 8.02. The Labute approximate surface area is 134 Å². The van der Waals surface area contributed by atoms with Crippen molar-refractivity contribution in [2.24, 2.45) is 0 Å². The van der Waals surface area contributed by atoms with E-state index in [0.717, 1.165) is 19.8 Å². The third kappa shape index (κ3) is 5.00. The number of hydrogen-bond donors (Lipinski definition) is 1. The molecule has 0 saturated carbocycles. The molecule has 1 aromatic rings. The normalized spacial score (nSPS) is 20.2. The SMILES string of the molecule is C[C@@H](CNC(=O)CCn1cc([N+](=O)[O-])cn1)N1CCOC[C@@H]1C. The van der Waals surface area contributed by atoms with Gasteiger partial charge in [0, 0.05) is 38.1 Å². The molecule has 1 aliphatic rings. The number of nitro groups is 1. The lowest BCUT2D eigenvalue weighted by Crippen LogP contribution is -2.51. The Morgan fingerprint density at radius 2 is 2.43 bits per heavy atom. The summed E-state index contributed by atoms with van der Waals surface area (Å²) in [5.41, 5.74) is -0.0691. The summed E-state index contributed by atoms with van der Waals surface area (Å²) in [4.78, 5) is 24.3. The predicted octanol–water partition coefficient (Wildman–Crippen LogP) is 0.407. The summed E-state index contributed by atoms with van der Waals surface area (Å²) in [6.45, 7) is 7.40. The topological polar surface area (TPSA) is 103 Å². The number of carbonyl (C=O) groups excluding carboxylic acids is 1. The van der Waals surface area contributed by atoms with Crippen molar-refractivity contribution < 1.29 is 14.5 Å². The maximum atomic E-state index is 11.9. The van der Waals surface area contributed by atoms with Gasteiger partial charge >= 0.3 is 5.69 Å². The molecule has 0 radical (unpaired) electrons. The quantitative estimate of drug-likeness (QED) is 0.575. The number of nitrogens with one attached hydrogen (secondary N) is 1. The minimum absolute atomic E-state index is 0.0691. The van der Waals surface area contributed by atoms with Gasteiger partial charge in [-0.15, -0.1) is 0 Å². The molecule has 23 heavy (non-hydrogen) atoms. The van der Waals surface area contributed by atoms with E-state index in [9.17, 15) is 14.9 Å². The molecule has 1 amide bonds. The second-order valence-corrected chi connectivity index (χ2v) is 5.78. The maximum absolute atomic E-state index is 11.9. The van der Waals surface area contributed by atoms with Gasteiger partial charge in [-0.2, -0.15) is 5.10 Å². The molecule has 0 bridgehead atoms. The van der Waals surface area contributed by atoms with E-state index in [4.69, 9.17) is 4.74 Å². The van der Waals surface area contributed by atoms with E-state index in [1.807, 2.05) is 0 Å². The van der Waals surface area contributed by atoms with Gasteiger partial charge < -0.3 is 10.1 Å². The highest BCUT2D eigenvalue weighted by Gasteiger charge is 2.23. The van der Waals surface area contributed by atoms with Crippen molar-refractivity contribution in [3.05, 3.63) is 22.5 Å². The van der Waals surface area contributed by atoms with Crippen LogP contribution in [0.5, 0.6) is 0 Å². The van der Waals surface area contributed by atoms with Crippen molar-refractivity contribution in [3.63, 3.8) is 0 Å². The smallest absolute Gasteiger partial charge is 0.306 e. The van der Waals surface area contributed by atoms with Gasteiger partial charge in [-0.1, -0.05) is 0 Å². The first-order chi connectivity index (χ1) is 11.0. The molecule has 1 aromatic heterocycles. The van der Waals surface area contributed by atoms with Crippen LogP contribution in [0.1, 0.15) is 20.3 Å². The Morgan fingerprint density at radius 3 is 3.09 bits per heavy atom. The first-order valence-electron chi connectivity index (χ1n) is 7.74. The molecule has 128 valence electrons. The number of hydrogen-bond acceptors (Lipinski definition) is 6. The number of amides is 1. The lowest BCUT2D eigenvalue weighted by molar-refractivity contribution is -0.385. The van der Waals surface area contributed by atoms with E-state index < -0.39 is 4.92 Å². The van der Waals surface area contributed by atoms with Gasteiger partial charge in [-0.05, 0) is 13.8 Å². The van der Waals surface area contributed by atoms with Crippen LogP contribution in [0.3, 0.4) is 0 Å². The van der Waals surface area contributed by atoms with Crippen LogP contribution in [0.2, 0.25) is 0 Å². The van der Waals surface area contributed by atoms with Crippen LogP contribution in [-0.2, 0) is 16.1 Å². The summed E-state index contributed by atoms with van der Waals surface area (Å²) in [6, 6.07) is 0.587. The molecule has 0 aromatic carbocycles. The Balaban J connectivity index is 1.70. The maximum Gasteiger partial charge on any atom is 0.306 e. The molecule has 0 unspecified atom stereocenters. The molecule has 2 heterocycles. The zero-order valence-electron chi connectivity index (χ0n) is 13.5. The molecule has 9 heteroatoms. The highest BCUT2D eigenvalue weighted by atomic mass is 16.6. The average molecular weight is 325 g/mol. The van der Waals surface area contributed by atoms with Crippen molar-refractivity contribution >= 4 is 11.6 Å². The van der Waals surface area contributed by atoms with Crippen molar-refractivity contribution in [3.8, 4) is 0 Å². The number of carbonyl (C=O) groups is 1. The van der Waals surface area contributed by atoms with Crippen LogP contribution in [0.4, 0.5) is 5.69 Å². The highest BCUT2D eigenvalue weighted by Crippen LogP contribution is 2.10. The lowest BCUT2D eigenvalue weighted by Gasteiger charge is -2.37. The van der Waals surface area contributed by atoms with Gasteiger partial charge in [-0.3, -0.25) is 24.5 Å². The van der Waals surface area contributed by atoms with Gasteiger partial charge in [-0.25, -0.2) is 0 Å². The summed E-state index contributed by atoms with van der Waals surface area (Å²) < 4.78 is 6.82. The first kappa shape index (κ1) is 17.4. The number of rotatable bonds is 7. The van der Waals surface area contributed by atoms with Crippen molar-refractivity contribution in [1.82, 2.24) is 20.0 Å². The summed E-state index contributed by atoms with van der Waals surface area (Å²) in [5.74, 6) is -0.0871. The lowest BCUT2D eigenvalue weighted by atomic mass is 10.2. The van der Waals surface area contributed by atoms with Crippen molar-refractivity contribution in [1.29, 1.82) is 0 Å². The van der Waals surface area contributed by atoms with Crippen LogP contribution in [0, 0.1) is 10.1 Å². The Hall–Kier alpha value is -2.00. The molecule has 0 aliphatic carbocycles. The Morgan fingerprint density at radius 1 is 1.65 bits per heavy atom. The number of ether oxygens (including phenoxy) is 1. The minimum atomic E-state index is -0.505. The molecule has 1 fully saturated rings. The van der Waals surface area contributed by atoms with Crippen molar-refractivity contribution in [2.45, 2.75) is 38.9 Å². The van der Waals surface area contributed by atoms with Gasteiger partial charge in [0.05, 0.1) is 18.1 Å². The molecule has 1 aliphatic heterocycles. The number of aryl methyl sites for hydroxylation is 1. The molecule has 9 nitrogen and oxygen atoms in total. The van der Waals surface area contributed by atoms with Gasteiger partial charge in [0.25, 0.3) is 0 Å². The summed E-state index contributed by atoms with van der Waals surface area (Å²) in [5, 5.41) is 17.3. The zero-order chi connectivity index (χ0) is 16.8. The van der Waals surface area contributed by atoms with E-state index in [1.54, 1.807) is 0 Å². The predicted molar refractivity (Wildman–Crippen MR) is 83.0 cm³/mol. The van der Waals surface area contributed by atoms with E-state index in [1.165, 1.54) is 17.1 Å². The van der Waals surface area contributed by atoms with Crippen molar-refractivity contribution in [2.75, 3.05) is 26.3 Å². The van der Waals surface area contributed by atoms with Gasteiger partial charge in [0.2, 0.25) is 5.91 Å². The van der Waals surface area contributed by atoms with E-state index >= 15 is 0 Å². The van der Waals surface area contributed by atoms with Gasteiger partial charge in [0.1, 0.15) is 12.4 Å². The molecule has 2 rings (SSSR count). The van der Waals surface area contributed by atoms with E-state index in [0.29, 0.717) is 19.1 Å². The zero-order valence-corrected chi connectivity index (χ0v) is 13.5. The van der Waals surface area contributed by atoms with Crippen LogP contribution in [0.25, 0.3) is 0 Å². The second-order valence-electron chi connectivity index (χ2n) is 5.78.